The lowest BCUT2D eigenvalue weighted by atomic mass is 9.72. The van der Waals surface area contributed by atoms with Crippen molar-refractivity contribution in [3.63, 3.8) is 0 Å². The molecule has 40 heavy (non-hydrogen) atoms. The number of carboxylic acid groups (broad SMARTS) is 4. The summed E-state index contributed by atoms with van der Waals surface area (Å²) in [6, 6.07) is 0. The molecule has 232 valence electrons. The molecule has 1 rings (SSSR count). The average molecular weight is 570 g/mol. The van der Waals surface area contributed by atoms with Crippen LogP contribution in [0.15, 0.2) is 0 Å². The number of hydrogen-bond acceptors (Lipinski definition) is 5. The van der Waals surface area contributed by atoms with Gasteiger partial charge in [-0.05, 0) is 59.9 Å². The van der Waals surface area contributed by atoms with Crippen molar-refractivity contribution in [3.8, 4) is 0 Å². The molecule has 0 aromatic heterocycles. The molecule has 1 heterocycles. The van der Waals surface area contributed by atoms with Crippen LogP contribution >= 0.6 is 0 Å². The lowest BCUT2D eigenvalue weighted by molar-refractivity contribution is -0.164. The van der Waals surface area contributed by atoms with Gasteiger partial charge in [-0.2, -0.15) is 0 Å². The van der Waals surface area contributed by atoms with Gasteiger partial charge in [-0.3, -0.25) is 24.1 Å². The Morgan fingerprint density at radius 2 is 1.05 bits per heavy atom. The summed E-state index contributed by atoms with van der Waals surface area (Å²) in [7, 11) is 2.26. The van der Waals surface area contributed by atoms with Gasteiger partial charge in [0.15, 0.2) is 0 Å². The zero-order valence-electron chi connectivity index (χ0n) is 25.5. The molecule has 0 amide bonds. The number of rotatable bonds is 21. The molecule has 1 aliphatic heterocycles. The van der Waals surface area contributed by atoms with Gasteiger partial charge in [0.25, 0.3) is 0 Å². The maximum Gasteiger partial charge on any atom is 0.308 e. The fourth-order valence-corrected chi connectivity index (χ4v) is 6.81. The summed E-state index contributed by atoms with van der Waals surface area (Å²) < 4.78 is 0. The average Bonchev–Trinajstić information content (AvgIpc) is 2.82. The van der Waals surface area contributed by atoms with E-state index in [0.29, 0.717) is 6.42 Å². The van der Waals surface area contributed by atoms with Gasteiger partial charge in [0.2, 0.25) is 0 Å². The predicted octanol–water partition coefficient (Wildman–Crippen LogP) is 6.53. The van der Waals surface area contributed by atoms with Gasteiger partial charge in [-0.1, -0.05) is 77.0 Å². The van der Waals surface area contributed by atoms with Crippen LogP contribution in [-0.2, 0) is 19.2 Å². The van der Waals surface area contributed by atoms with Crippen molar-refractivity contribution in [3.05, 3.63) is 0 Å². The maximum absolute atomic E-state index is 11.7. The van der Waals surface area contributed by atoms with Gasteiger partial charge < -0.3 is 20.4 Å². The Labute approximate surface area is 240 Å². The first-order valence-corrected chi connectivity index (χ1v) is 15.2. The van der Waals surface area contributed by atoms with E-state index in [9.17, 15) is 34.5 Å². The summed E-state index contributed by atoms with van der Waals surface area (Å²) in [6.45, 7) is 9.46. The molecule has 0 aliphatic carbocycles. The quantitative estimate of drug-likeness (QED) is 0.113. The van der Waals surface area contributed by atoms with Crippen LogP contribution in [0.4, 0.5) is 0 Å². The van der Waals surface area contributed by atoms with Gasteiger partial charge in [0, 0.05) is 11.1 Å². The fourth-order valence-electron chi connectivity index (χ4n) is 6.81. The van der Waals surface area contributed by atoms with E-state index in [4.69, 9.17) is 5.11 Å². The smallest absolute Gasteiger partial charge is 0.308 e. The largest absolute Gasteiger partial charge is 0.481 e. The number of carboxylic acids is 4. The van der Waals surface area contributed by atoms with Crippen molar-refractivity contribution >= 4 is 23.9 Å². The highest BCUT2D eigenvalue weighted by molar-refractivity contribution is 5.87. The molecule has 9 heteroatoms. The molecule has 3 atom stereocenters. The Morgan fingerprint density at radius 1 is 0.650 bits per heavy atom. The monoisotopic (exact) mass is 569 g/mol. The number of unbranched alkanes of at least 4 members (excludes halogenated alkanes) is 10. The van der Waals surface area contributed by atoms with Crippen molar-refractivity contribution in [2.24, 2.45) is 23.7 Å². The molecule has 9 nitrogen and oxygen atoms in total. The lowest BCUT2D eigenvalue weighted by Crippen LogP contribution is -2.58. The summed E-state index contributed by atoms with van der Waals surface area (Å²) >= 11 is 0. The van der Waals surface area contributed by atoms with Crippen molar-refractivity contribution in [1.29, 1.82) is 0 Å². The summed E-state index contributed by atoms with van der Waals surface area (Å²) in [5, 5.41) is 37.3. The van der Waals surface area contributed by atoms with E-state index < -0.39 is 48.1 Å². The second-order valence-electron chi connectivity index (χ2n) is 13.3. The molecule has 1 saturated heterocycles. The van der Waals surface area contributed by atoms with Crippen molar-refractivity contribution in [2.75, 3.05) is 7.05 Å². The molecule has 0 aromatic rings. The van der Waals surface area contributed by atoms with Crippen LogP contribution in [0.5, 0.6) is 0 Å². The third-order valence-electron chi connectivity index (χ3n) is 9.20. The Kier molecular flexibility index (Phi) is 15.2. The Bertz CT molecular complexity index is 806. The molecule has 0 bridgehead atoms. The highest BCUT2D eigenvalue weighted by Crippen LogP contribution is 2.42. The van der Waals surface area contributed by atoms with Gasteiger partial charge in [-0.25, -0.2) is 0 Å². The number of likely N-dealkylation sites (tertiary alicyclic amines) is 1. The van der Waals surface area contributed by atoms with Crippen LogP contribution in [-0.4, -0.2) is 67.3 Å². The van der Waals surface area contributed by atoms with Gasteiger partial charge in [0.1, 0.15) is 0 Å². The molecule has 4 N–H and O–H groups in total. The van der Waals surface area contributed by atoms with Crippen LogP contribution in [0.25, 0.3) is 0 Å². The molecule has 0 spiro atoms. The normalized spacial score (nSPS) is 19.5. The predicted molar refractivity (Wildman–Crippen MR) is 154 cm³/mol. The SMILES string of the molecule is CN1C(C)(C)CC(CCCCCCCCCCCCCC(C(=O)O)C(C(=O)O)C(CC(=O)O)C(=O)O)CC1(C)C. The number of carbonyl (C=O) groups is 4. The summed E-state index contributed by atoms with van der Waals surface area (Å²) in [5.74, 6) is -10.3. The Balaban J connectivity index is 2.21. The number of aliphatic carboxylic acids is 4. The topological polar surface area (TPSA) is 152 Å². The molecule has 0 aromatic carbocycles. The number of piperidine rings is 1. The minimum atomic E-state index is -1.79. The first-order valence-electron chi connectivity index (χ1n) is 15.2. The first kappa shape index (κ1) is 35.9. The van der Waals surface area contributed by atoms with Gasteiger partial charge in [0.05, 0.1) is 24.2 Å². The Hall–Kier alpha value is -2.16. The van der Waals surface area contributed by atoms with Crippen molar-refractivity contribution in [2.45, 2.75) is 142 Å². The number of hydrogen-bond donors (Lipinski definition) is 4. The standard InChI is InChI=1S/C31H55NO8/c1-30(2)20-22(21-31(3,4)32(30)5)17-15-13-11-9-7-6-8-10-12-14-16-18-23(27(35)36)26(29(39)40)24(28(37)38)19-25(33)34/h22-24,26H,6-21H2,1-5H3,(H,33,34)(H,35,36)(H,37,38)(H,39,40). The molecule has 3 unspecified atom stereocenters. The maximum atomic E-state index is 11.7. The molecular weight excluding hydrogens is 514 g/mol. The molecule has 0 saturated carbocycles. The highest BCUT2D eigenvalue weighted by atomic mass is 16.4. The van der Waals surface area contributed by atoms with Crippen molar-refractivity contribution < 1.29 is 39.6 Å². The van der Waals surface area contributed by atoms with Gasteiger partial charge in [-0.15, -0.1) is 0 Å². The molecule has 1 aliphatic rings. The van der Waals surface area contributed by atoms with E-state index in [1.165, 1.54) is 57.8 Å². The minimum Gasteiger partial charge on any atom is -0.481 e. The Morgan fingerprint density at radius 3 is 1.43 bits per heavy atom. The van der Waals surface area contributed by atoms with E-state index in [1.807, 2.05) is 0 Å². The van der Waals surface area contributed by atoms with Crippen molar-refractivity contribution in [1.82, 2.24) is 4.90 Å². The number of nitrogens with zero attached hydrogens (tertiary/aromatic N) is 1. The van der Waals surface area contributed by atoms with E-state index in [2.05, 4.69) is 39.6 Å². The molecule has 0 radical (unpaired) electrons. The van der Waals surface area contributed by atoms with Crippen LogP contribution in [0, 0.1) is 23.7 Å². The molecule has 1 fully saturated rings. The fraction of sp³-hybridized carbons (Fsp3) is 0.871. The van der Waals surface area contributed by atoms with Gasteiger partial charge >= 0.3 is 23.9 Å². The van der Waals surface area contributed by atoms with E-state index >= 15 is 0 Å². The lowest BCUT2D eigenvalue weighted by Gasteiger charge is -2.54. The van der Waals surface area contributed by atoms with E-state index in [-0.39, 0.29) is 17.5 Å². The summed E-state index contributed by atoms with van der Waals surface area (Å²) in [5.41, 5.74) is 0.521. The molecular formula is C31H55NO8. The van der Waals surface area contributed by atoms with Crippen LogP contribution < -0.4 is 0 Å². The second kappa shape index (κ2) is 16.9. The zero-order chi connectivity index (χ0) is 30.5. The zero-order valence-corrected chi connectivity index (χ0v) is 25.5. The summed E-state index contributed by atoms with van der Waals surface area (Å²) in [6.07, 6.45) is 14.7. The minimum absolute atomic E-state index is 0.0161. The van der Waals surface area contributed by atoms with Crippen LogP contribution in [0.3, 0.4) is 0 Å². The highest BCUT2D eigenvalue weighted by Gasteiger charge is 2.44. The third kappa shape index (κ3) is 12.1. The first-order chi connectivity index (χ1) is 18.6. The second-order valence-corrected chi connectivity index (χ2v) is 13.3. The van der Waals surface area contributed by atoms with Crippen LogP contribution in [0.1, 0.15) is 130 Å². The summed E-state index contributed by atoms with van der Waals surface area (Å²) in [4.78, 5) is 48.5. The third-order valence-corrected chi connectivity index (χ3v) is 9.20. The van der Waals surface area contributed by atoms with Crippen LogP contribution in [0.2, 0.25) is 0 Å². The van der Waals surface area contributed by atoms with E-state index in [1.54, 1.807) is 0 Å². The van der Waals surface area contributed by atoms with E-state index in [0.717, 1.165) is 31.6 Å².